The fraction of sp³-hybridized carbons (Fsp3) is 0.462. The highest BCUT2D eigenvalue weighted by Gasteiger charge is 2.11. The highest BCUT2D eigenvalue weighted by atomic mass is 35.5. The summed E-state index contributed by atoms with van der Waals surface area (Å²) in [6.45, 7) is 3.94. The third-order valence-corrected chi connectivity index (χ3v) is 2.47. The molecule has 8 heteroatoms. The molecule has 0 saturated carbocycles. The molecule has 3 N–H and O–H groups in total. The third-order valence-electron chi connectivity index (χ3n) is 2.27. The molecule has 0 aromatic carbocycles. The second-order valence-corrected chi connectivity index (χ2v) is 4.99. The van der Waals surface area contributed by atoms with Crippen LogP contribution in [0.2, 0.25) is 5.02 Å². The number of ether oxygens (including phenoxy) is 1. The monoisotopic (exact) mass is 315 g/mol. The van der Waals surface area contributed by atoms with Crippen LogP contribution in [0, 0.1) is 0 Å². The molecule has 0 radical (unpaired) electrons. The highest BCUT2D eigenvalue weighted by molar-refractivity contribution is 6.30. The maximum Gasteiger partial charge on any atom is 0.319 e. The molecule has 21 heavy (non-hydrogen) atoms. The van der Waals surface area contributed by atoms with Crippen LogP contribution < -0.4 is 15.4 Å². The molecule has 0 aliphatic rings. The predicted octanol–water partition coefficient (Wildman–Crippen LogP) is 2.51. The number of carboxylic acids is 1. The molecule has 0 fully saturated rings. The van der Waals surface area contributed by atoms with Crippen LogP contribution in [-0.4, -0.2) is 34.7 Å². The average molecular weight is 316 g/mol. The third kappa shape index (κ3) is 6.80. The quantitative estimate of drug-likeness (QED) is 0.671. The lowest BCUT2D eigenvalue weighted by Crippen LogP contribution is -2.30. The molecular formula is C13H18ClN3O4. The zero-order valence-electron chi connectivity index (χ0n) is 11.9. The van der Waals surface area contributed by atoms with Gasteiger partial charge in [0.2, 0.25) is 5.88 Å². The summed E-state index contributed by atoms with van der Waals surface area (Å²) in [5.41, 5.74) is 0.354. The Hall–Kier alpha value is -2.02. The molecule has 0 saturated heterocycles. The molecule has 0 unspecified atom stereocenters. The van der Waals surface area contributed by atoms with Gasteiger partial charge < -0.3 is 20.5 Å². The maximum atomic E-state index is 11.7. The lowest BCUT2D eigenvalue weighted by Gasteiger charge is -2.14. The molecule has 2 amide bonds. The van der Waals surface area contributed by atoms with Crippen molar-refractivity contribution in [1.29, 1.82) is 0 Å². The zero-order chi connectivity index (χ0) is 15.8. The minimum atomic E-state index is -0.899. The first-order valence-corrected chi connectivity index (χ1v) is 6.85. The van der Waals surface area contributed by atoms with Crippen LogP contribution in [0.3, 0.4) is 0 Å². The number of nitrogens with zero attached hydrogens (tertiary/aromatic N) is 1. The van der Waals surface area contributed by atoms with E-state index in [9.17, 15) is 9.59 Å². The fourth-order valence-electron chi connectivity index (χ4n) is 1.44. The largest absolute Gasteiger partial charge is 0.481 e. The van der Waals surface area contributed by atoms with E-state index >= 15 is 0 Å². The van der Waals surface area contributed by atoms with E-state index in [1.807, 2.05) is 13.8 Å². The Morgan fingerprint density at radius 3 is 2.81 bits per heavy atom. The number of rotatable bonds is 7. The van der Waals surface area contributed by atoms with Crippen molar-refractivity contribution in [2.24, 2.45) is 0 Å². The van der Waals surface area contributed by atoms with Gasteiger partial charge in [0.15, 0.2) is 0 Å². The number of anilines is 1. The van der Waals surface area contributed by atoms with Gasteiger partial charge in [-0.2, -0.15) is 0 Å². The van der Waals surface area contributed by atoms with Crippen molar-refractivity contribution < 1.29 is 19.4 Å². The summed E-state index contributed by atoms with van der Waals surface area (Å²) in [5, 5.41) is 14.0. The SMILES string of the molecule is CC(C)Oc1ncc(Cl)cc1NC(=O)NCCCC(=O)O. The summed E-state index contributed by atoms with van der Waals surface area (Å²) in [7, 11) is 0. The van der Waals surface area contributed by atoms with Crippen LogP contribution in [0.5, 0.6) is 5.88 Å². The average Bonchev–Trinajstić information content (AvgIpc) is 2.37. The van der Waals surface area contributed by atoms with Crippen LogP contribution in [0.1, 0.15) is 26.7 Å². The van der Waals surface area contributed by atoms with Crippen LogP contribution in [-0.2, 0) is 4.79 Å². The Morgan fingerprint density at radius 1 is 1.48 bits per heavy atom. The number of hydrogen-bond donors (Lipinski definition) is 3. The van der Waals surface area contributed by atoms with Crippen molar-refractivity contribution in [2.75, 3.05) is 11.9 Å². The van der Waals surface area contributed by atoms with E-state index in [1.165, 1.54) is 12.3 Å². The first kappa shape index (κ1) is 17.0. The van der Waals surface area contributed by atoms with E-state index in [0.29, 0.717) is 17.1 Å². The molecule has 7 nitrogen and oxygen atoms in total. The molecular weight excluding hydrogens is 298 g/mol. The number of pyridine rings is 1. The number of amides is 2. The van der Waals surface area contributed by atoms with Gasteiger partial charge >= 0.3 is 12.0 Å². The lowest BCUT2D eigenvalue weighted by molar-refractivity contribution is -0.137. The van der Waals surface area contributed by atoms with E-state index in [1.54, 1.807) is 0 Å². The maximum absolute atomic E-state index is 11.7. The van der Waals surface area contributed by atoms with Gasteiger partial charge in [-0.15, -0.1) is 0 Å². The van der Waals surface area contributed by atoms with E-state index in [4.69, 9.17) is 21.4 Å². The lowest BCUT2D eigenvalue weighted by atomic mass is 10.3. The van der Waals surface area contributed by atoms with Gasteiger partial charge in [0.25, 0.3) is 0 Å². The first-order chi connectivity index (χ1) is 9.88. The molecule has 0 aliphatic heterocycles. The van der Waals surface area contributed by atoms with Gasteiger partial charge in [-0.25, -0.2) is 9.78 Å². The molecule has 116 valence electrons. The number of carbonyl (C=O) groups is 2. The smallest absolute Gasteiger partial charge is 0.319 e. The molecule has 0 atom stereocenters. The second kappa shape index (κ2) is 8.31. The molecule has 1 aromatic rings. The summed E-state index contributed by atoms with van der Waals surface area (Å²) in [5.74, 6) is -0.626. The van der Waals surface area contributed by atoms with Crippen molar-refractivity contribution in [3.05, 3.63) is 17.3 Å². The zero-order valence-corrected chi connectivity index (χ0v) is 12.6. The Morgan fingerprint density at radius 2 is 2.19 bits per heavy atom. The number of hydrogen-bond acceptors (Lipinski definition) is 4. The van der Waals surface area contributed by atoms with E-state index in [0.717, 1.165) is 0 Å². The van der Waals surface area contributed by atoms with Gasteiger partial charge in [0, 0.05) is 19.2 Å². The molecule has 0 spiro atoms. The number of aliphatic carboxylic acids is 1. The second-order valence-electron chi connectivity index (χ2n) is 4.55. The Balaban J connectivity index is 2.58. The fourth-order valence-corrected chi connectivity index (χ4v) is 1.60. The topological polar surface area (TPSA) is 101 Å². The van der Waals surface area contributed by atoms with E-state index < -0.39 is 12.0 Å². The number of halogens is 1. The van der Waals surface area contributed by atoms with Gasteiger partial charge in [0.05, 0.1) is 11.1 Å². The minimum absolute atomic E-state index is 0.000706. The van der Waals surface area contributed by atoms with Gasteiger partial charge in [-0.3, -0.25) is 4.79 Å². The predicted molar refractivity (Wildman–Crippen MR) is 78.9 cm³/mol. The van der Waals surface area contributed by atoms with Gasteiger partial charge in [-0.1, -0.05) is 11.6 Å². The Bertz CT molecular complexity index is 508. The molecule has 1 heterocycles. The summed E-state index contributed by atoms with van der Waals surface area (Å²) < 4.78 is 5.47. The van der Waals surface area contributed by atoms with Crippen molar-refractivity contribution in [3.63, 3.8) is 0 Å². The van der Waals surface area contributed by atoms with Crippen LogP contribution in [0.25, 0.3) is 0 Å². The van der Waals surface area contributed by atoms with Crippen molar-refractivity contribution >= 4 is 29.3 Å². The van der Waals surface area contributed by atoms with Crippen molar-refractivity contribution in [3.8, 4) is 5.88 Å². The number of aromatic nitrogens is 1. The molecule has 1 rings (SSSR count). The van der Waals surface area contributed by atoms with Crippen LogP contribution >= 0.6 is 11.6 Å². The molecule has 0 bridgehead atoms. The molecule has 0 aliphatic carbocycles. The number of carboxylic acid groups (broad SMARTS) is 1. The van der Waals surface area contributed by atoms with E-state index in [-0.39, 0.29) is 24.9 Å². The minimum Gasteiger partial charge on any atom is -0.481 e. The van der Waals surface area contributed by atoms with E-state index in [2.05, 4.69) is 15.6 Å². The van der Waals surface area contributed by atoms with Crippen molar-refractivity contribution in [1.82, 2.24) is 10.3 Å². The van der Waals surface area contributed by atoms with Gasteiger partial charge in [0.1, 0.15) is 5.69 Å². The Labute approximate surface area is 127 Å². The van der Waals surface area contributed by atoms with Gasteiger partial charge in [-0.05, 0) is 26.3 Å². The molecule has 1 aromatic heterocycles. The summed E-state index contributed by atoms with van der Waals surface area (Å²) >= 11 is 5.84. The summed E-state index contributed by atoms with van der Waals surface area (Å²) in [6.07, 6.45) is 1.68. The standard InChI is InChI=1S/C13H18ClN3O4/c1-8(2)21-12-10(6-9(14)7-16-12)17-13(20)15-5-3-4-11(18)19/h6-8H,3-5H2,1-2H3,(H,18,19)(H2,15,17,20). The van der Waals surface area contributed by atoms with Crippen molar-refractivity contribution in [2.45, 2.75) is 32.8 Å². The number of carbonyl (C=O) groups excluding carboxylic acids is 1. The summed E-state index contributed by atoms with van der Waals surface area (Å²) in [4.78, 5) is 26.1. The van der Waals surface area contributed by atoms with Crippen LogP contribution in [0.15, 0.2) is 12.3 Å². The highest BCUT2D eigenvalue weighted by Crippen LogP contribution is 2.25. The first-order valence-electron chi connectivity index (χ1n) is 6.47. The normalized spacial score (nSPS) is 10.3. The van der Waals surface area contributed by atoms with Crippen LogP contribution in [0.4, 0.5) is 10.5 Å². The Kier molecular flexibility index (Phi) is 6.74. The summed E-state index contributed by atoms with van der Waals surface area (Å²) in [6, 6.07) is 1.06. The number of nitrogens with one attached hydrogen (secondary N) is 2. The number of urea groups is 1.